The fraction of sp³-hybridized carbons (Fsp3) is 0.300. The molecule has 0 amide bonds. The van der Waals surface area contributed by atoms with Gasteiger partial charge in [-0.05, 0) is 6.92 Å². The Bertz CT molecular complexity index is 506. The van der Waals surface area contributed by atoms with Crippen molar-refractivity contribution < 1.29 is 9.53 Å². The van der Waals surface area contributed by atoms with E-state index in [1.165, 1.54) is 17.5 Å². The summed E-state index contributed by atoms with van der Waals surface area (Å²) in [5.74, 6) is 0.193. The fourth-order valence-corrected chi connectivity index (χ4v) is 1.86. The van der Waals surface area contributed by atoms with Gasteiger partial charge in [-0.2, -0.15) is 5.10 Å². The Morgan fingerprint density at radius 3 is 3.12 bits per heavy atom. The van der Waals surface area contributed by atoms with Crippen molar-refractivity contribution in [3.8, 4) is 0 Å². The maximum atomic E-state index is 11.7. The molecule has 2 aromatic heterocycles. The van der Waals surface area contributed by atoms with E-state index in [1.807, 2.05) is 5.38 Å². The van der Waals surface area contributed by atoms with Gasteiger partial charge in [0, 0.05) is 18.6 Å². The lowest BCUT2D eigenvalue weighted by atomic mass is 10.3. The van der Waals surface area contributed by atoms with Crippen molar-refractivity contribution in [2.24, 2.45) is 7.05 Å². The highest BCUT2D eigenvalue weighted by atomic mass is 32.1. The van der Waals surface area contributed by atoms with Crippen molar-refractivity contribution >= 4 is 28.3 Å². The molecule has 0 aromatic carbocycles. The van der Waals surface area contributed by atoms with Crippen LogP contribution in [0, 0.1) is 0 Å². The van der Waals surface area contributed by atoms with Gasteiger partial charge in [0.1, 0.15) is 11.4 Å². The molecule has 2 aromatic rings. The molecule has 0 aliphatic heterocycles. The zero-order chi connectivity index (χ0) is 12.3. The smallest absolute Gasteiger partial charge is 0.343 e. The van der Waals surface area contributed by atoms with Gasteiger partial charge in [-0.1, -0.05) is 0 Å². The summed E-state index contributed by atoms with van der Waals surface area (Å²) < 4.78 is 6.53. The van der Waals surface area contributed by atoms with Gasteiger partial charge in [-0.15, -0.1) is 11.3 Å². The van der Waals surface area contributed by atoms with E-state index in [9.17, 15) is 4.79 Å². The van der Waals surface area contributed by atoms with Crippen LogP contribution in [0.2, 0.25) is 0 Å². The van der Waals surface area contributed by atoms with Crippen LogP contribution in [0.5, 0.6) is 0 Å². The largest absolute Gasteiger partial charge is 0.462 e. The molecule has 0 aliphatic rings. The average Bonchev–Trinajstić information content (AvgIpc) is 2.91. The third-order valence-corrected chi connectivity index (χ3v) is 2.78. The molecule has 0 radical (unpaired) electrons. The molecule has 0 fully saturated rings. The Morgan fingerprint density at radius 2 is 2.47 bits per heavy atom. The first-order chi connectivity index (χ1) is 8.22. The van der Waals surface area contributed by atoms with Crippen molar-refractivity contribution in [2.45, 2.75) is 6.92 Å². The maximum absolute atomic E-state index is 11.7. The summed E-state index contributed by atoms with van der Waals surface area (Å²) in [5, 5.41) is 9.64. The number of hydrogen-bond donors (Lipinski definition) is 1. The first-order valence-corrected chi connectivity index (χ1v) is 5.96. The third kappa shape index (κ3) is 2.44. The summed E-state index contributed by atoms with van der Waals surface area (Å²) in [5.41, 5.74) is 0.407. The molecule has 1 N–H and O–H groups in total. The minimum atomic E-state index is -0.389. The molecule has 0 saturated carbocycles. The van der Waals surface area contributed by atoms with Crippen LogP contribution in [0.4, 0.5) is 10.9 Å². The van der Waals surface area contributed by atoms with Crippen LogP contribution in [0.3, 0.4) is 0 Å². The number of esters is 1. The van der Waals surface area contributed by atoms with E-state index in [4.69, 9.17) is 4.74 Å². The summed E-state index contributed by atoms with van der Waals surface area (Å²) in [4.78, 5) is 15.8. The molecule has 90 valence electrons. The minimum Gasteiger partial charge on any atom is -0.462 e. The molecule has 0 unspecified atom stereocenters. The Labute approximate surface area is 102 Å². The number of carbonyl (C=O) groups excluding carboxylic acids is 1. The lowest BCUT2D eigenvalue weighted by Gasteiger charge is -2.06. The molecule has 0 bridgehead atoms. The maximum Gasteiger partial charge on any atom is 0.343 e. The fourth-order valence-electron chi connectivity index (χ4n) is 1.33. The monoisotopic (exact) mass is 252 g/mol. The van der Waals surface area contributed by atoms with Crippen LogP contribution >= 0.6 is 11.3 Å². The molecule has 2 heterocycles. The number of hydrogen-bond acceptors (Lipinski definition) is 6. The molecule has 6 nitrogen and oxygen atoms in total. The van der Waals surface area contributed by atoms with Gasteiger partial charge in [-0.3, -0.25) is 4.68 Å². The highest BCUT2D eigenvalue weighted by Crippen LogP contribution is 2.22. The van der Waals surface area contributed by atoms with Gasteiger partial charge in [0.15, 0.2) is 5.13 Å². The molecule has 7 heteroatoms. The molecule has 0 aliphatic carbocycles. The summed E-state index contributed by atoms with van der Waals surface area (Å²) in [6.45, 7) is 2.10. The average molecular weight is 252 g/mol. The summed E-state index contributed by atoms with van der Waals surface area (Å²) >= 11 is 1.45. The second-order valence-corrected chi connectivity index (χ2v) is 4.11. The number of ether oxygens (including phenoxy) is 1. The number of rotatable bonds is 4. The number of aromatic nitrogens is 3. The SMILES string of the molecule is CCOC(=O)c1cnn(C)c1Nc1nccs1. The Morgan fingerprint density at radius 1 is 1.65 bits per heavy atom. The van der Waals surface area contributed by atoms with Crippen molar-refractivity contribution in [1.29, 1.82) is 0 Å². The minimum absolute atomic E-state index is 0.338. The second kappa shape index (κ2) is 4.96. The van der Waals surface area contributed by atoms with E-state index in [0.717, 1.165) is 0 Å². The summed E-state index contributed by atoms with van der Waals surface area (Å²) in [6, 6.07) is 0. The molecule has 17 heavy (non-hydrogen) atoms. The molecule has 2 rings (SSSR count). The van der Waals surface area contributed by atoms with E-state index >= 15 is 0 Å². The Balaban J connectivity index is 2.26. The number of anilines is 2. The molecule has 0 saturated heterocycles. The normalized spacial score (nSPS) is 10.2. The summed E-state index contributed by atoms with van der Waals surface area (Å²) in [6.07, 6.45) is 3.17. The second-order valence-electron chi connectivity index (χ2n) is 3.21. The first-order valence-electron chi connectivity index (χ1n) is 5.08. The molecular formula is C10H12N4O2S. The number of nitrogens with zero attached hydrogens (tertiary/aromatic N) is 3. The van der Waals surface area contributed by atoms with Crippen molar-refractivity contribution in [1.82, 2.24) is 14.8 Å². The number of aryl methyl sites for hydroxylation is 1. The Hall–Kier alpha value is -1.89. The van der Waals surface area contributed by atoms with E-state index in [2.05, 4.69) is 15.4 Å². The van der Waals surface area contributed by atoms with Crippen molar-refractivity contribution in [3.05, 3.63) is 23.3 Å². The van der Waals surface area contributed by atoms with E-state index in [0.29, 0.717) is 23.1 Å². The lowest BCUT2D eigenvalue weighted by molar-refractivity contribution is 0.0527. The topological polar surface area (TPSA) is 69.0 Å². The quantitative estimate of drug-likeness (QED) is 0.840. The number of carbonyl (C=O) groups is 1. The van der Waals surface area contributed by atoms with E-state index in [-0.39, 0.29) is 5.97 Å². The summed E-state index contributed by atoms with van der Waals surface area (Å²) in [7, 11) is 1.75. The lowest BCUT2D eigenvalue weighted by Crippen LogP contribution is -2.08. The van der Waals surface area contributed by atoms with Crippen molar-refractivity contribution in [2.75, 3.05) is 11.9 Å². The molecule has 0 spiro atoms. The third-order valence-electron chi connectivity index (χ3n) is 2.09. The van der Waals surface area contributed by atoms with Gasteiger partial charge >= 0.3 is 5.97 Å². The predicted octanol–water partition coefficient (Wildman–Crippen LogP) is 1.80. The van der Waals surface area contributed by atoms with Gasteiger partial charge in [0.2, 0.25) is 0 Å². The van der Waals surface area contributed by atoms with Gasteiger partial charge in [0.25, 0.3) is 0 Å². The number of thiazole rings is 1. The standard InChI is InChI=1S/C10H12N4O2S/c1-3-16-9(15)7-6-12-14(2)8(7)13-10-11-4-5-17-10/h4-6H,3H2,1-2H3,(H,11,13). The van der Waals surface area contributed by atoms with Crippen LogP contribution in [0.15, 0.2) is 17.8 Å². The highest BCUT2D eigenvalue weighted by molar-refractivity contribution is 7.13. The van der Waals surface area contributed by atoms with Crippen LogP contribution in [0.25, 0.3) is 0 Å². The Kier molecular flexibility index (Phi) is 3.38. The van der Waals surface area contributed by atoms with Gasteiger partial charge in [0.05, 0.1) is 12.8 Å². The molecule has 0 atom stereocenters. The zero-order valence-electron chi connectivity index (χ0n) is 9.51. The number of nitrogens with one attached hydrogen (secondary N) is 1. The van der Waals surface area contributed by atoms with Gasteiger partial charge < -0.3 is 10.1 Å². The first kappa shape index (κ1) is 11.6. The van der Waals surface area contributed by atoms with Crippen LogP contribution in [-0.4, -0.2) is 27.3 Å². The molecular weight excluding hydrogens is 240 g/mol. The van der Waals surface area contributed by atoms with E-state index in [1.54, 1.807) is 24.9 Å². The highest BCUT2D eigenvalue weighted by Gasteiger charge is 2.17. The van der Waals surface area contributed by atoms with Crippen LogP contribution < -0.4 is 5.32 Å². The van der Waals surface area contributed by atoms with Crippen LogP contribution in [-0.2, 0) is 11.8 Å². The predicted molar refractivity (Wildman–Crippen MR) is 64.6 cm³/mol. The van der Waals surface area contributed by atoms with Crippen LogP contribution in [0.1, 0.15) is 17.3 Å². The zero-order valence-corrected chi connectivity index (χ0v) is 10.3. The van der Waals surface area contributed by atoms with E-state index < -0.39 is 0 Å². The van der Waals surface area contributed by atoms with Gasteiger partial charge in [-0.25, -0.2) is 9.78 Å². The van der Waals surface area contributed by atoms with Crippen molar-refractivity contribution in [3.63, 3.8) is 0 Å².